The van der Waals surface area contributed by atoms with Crippen LogP contribution in [0.4, 0.5) is 17.2 Å². The monoisotopic (exact) mass is 388 g/mol. The molecule has 1 amide bonds. The van der Waals surface area contributed by atoms with Gasteiger partial charge in [0.25, 0.3) is 0 Å². The number of para-hydroxylation sites is 1. The number of halogens is 1. The fourth-order valence-electron chi connectivity index (χ4n) is 3.07. The second-order valence-corrected chi connectivity index (χ2v) is 6.60. The number of pyridine rings is 2. The van der Waals surface area contributed by atoms with E-state index >= 15 is 0 Å². The van der Waals surface area contributed by atoms with Crippen LogP contribution in [0.1, 0.15) is 5.56 Å². The molecule has 2 aromatic carbocycles. The summed E-state index contributed by atoms with van der Waals surface area (Å²) in [6, 6.07) is 20.7. The van der Waals surface area contributed by atoms with E-state index in [0.717, 1.165) is 22.9 Å². The Hall–Kier alpha value is -3.44. The molecule has 0 fully saturated rings. The summed E-state index contributed by atoms with van der Waals surface area (Å²) in [6.45, 7) is 0.556. The predicted molar refractivity (Wildman–Crippen MR) is 113 cm³/mol. The topological polar surface area (TPSA) is 58.1 Å². The zero-order chi connectivity index (χ0) is 19.3. The summed E-state index contributed by atoms with van der Waals surface area (Å²) < 4.78 is 0. The van der Waals surface area contributed by atoms with Crippen molar-refractivity contribution in [2.24, 2.45) is 0 Å². The SMILES string of the molecule is O=CN(c1ccc(Cl)cc1)c1cccnc1NCc1ccnc2ccccc12. The van der Waals surface area contributed by atoms with Crippen LogP contribution in [0.3, 0.4) is 0 Å². The maximum atomic E-state index is 11.8. The highest BCUT2D eigenvalue weighted by molar-refractivity contribution is 6.30. The second kappa shape index (κ2) is 8.06. The van der Waals surface area contributed by atoms with Crippen molar-refractivity contribution in [3.63, 3.8) is 0 Å². The van der Waals surface area contributed by atoms with Gasteiger partial charge in [-0.3, -0.25) is 14.7 Å². The molecule has 4 aromatic rings. The summed E-state index contributed by atoms with van der Waals surface area (Å²) in [5.41, 5.74) is 3.42. The molecule has 6 heteroatoms. The smallest absolute Gasteiger partial charge is 0.218 e. The molecule has 0 spiro atoms. The van der Waals surface area contributed by atoms with Crippen molar-refractivity contribution in [2.75, 3.05) is 10.2 Å². The minimum atomic E-state index is 0.556. The summed E-state index contributed by atoms with van der Waals surface area (Å²) in [7, 11) is 0. The lowest BCUT2D eigenvalue weighted by molar-refractivity contribution is -0.106. The lowest BCUT2D eigenvalue weighted by Crippen LogP contribution is -2.17. The van der Waals surface area contributed by atoms with E-state index in [0.29, 0.717) is 28.8 Å². The van der Waals surface area contributed by atoms with Gasteiger partial charge in [-0.2, -0.15) is 0 Å². The van der Waals surface area contributed by atoms with Gasteiger partial charge in [0.05, 0.1) is 11.2 Å². The number of amides is 1. The number of nitrogens with one attached hydrogen (secondary N) is 1. The van der Waals surface area contributed by atoms with Gasteiger partial charge in [0.2, 0.25) is 6.41 Å². The maximum Gasteiger partial charge on any atom is 0.218 e. The maximum absolute atomic E-state index is 11.8. The van der Waals surface area contributed by atoms with Gasteiger partial charge in [0, 0.05) is 35.0 Å². The minimum absolute atomic E-state index is 0.556. The van der Waals surface area contributed by atoms with E-state index in [1.807, 2.05) is 36.4 Å². The molecule has 4 rings (SSSR count). The Morgan fingerprint density at radius 2 is 1.75 bits per heavy atom. The van der Waals surface area contributed by atoms with Gasteiger partial charge in [0.1, 0.15) is 0 Å². The molecule has 0 bridgehead atoms. The third kappa shape index (κ3) is 3.66. The zero-order valence-corrected chi connectivity index (χ0v) is 15.7. The average molecular weight is 389 g/mol. The molecule has 2 aromatic heterocycles. The molecule has 0 aliphatic heterocycles. The van der Waals surface area contributed by atoms with E-state index in [1.165, 1.54) is 4.90 Å². The van der Waals surface area contributed by atoms with Crippen molar-refractivity contribution in [1.82, 2.24) is 9.97 Å². The quantitative estimate of drug-likeness (QED) is 0.462. The van der Waals surface area contributed by atoms with Crippen molar-refractivity contribution in [2.45, 2.75) is 6.54 Å². The lowest BCUT2D eigenvalue weighted by atomic mass is 10.1. The van der Waals surface area contributed by atoms with Crippen LogP contribution in [0.5, 0.6) is 0 Å². The fourth-order valence-corrected chi connectivity index (χ4v) is 3.20. The minimum Gasteiger partial charge on any atom is -0.364 e. The molecular weight excluding hydrogens is 372 g/mol. The number of hydrogen-bond donors (Lipinski definition) is 1. The highest BCUT2D eigenvalue weighted by Crippen LogP contribution is 2.30. The van der Waals surface area contributed by atoms with Crippen LogP contribution in [0.25, 0.3) is 10.9 Å². The molecule has 2 heterocycles. The highest BCUT2D eigenvalue weighted by atomic mass is 35.5. The number of anilines is 3. The largest absolute Gasteiger partial charge is 0.364 e. The van der Waals surface area contributed by atoms with Gasteiger partial charge in [-0.05, 0) is 54.1 Å². The van der Waals surface area contributed by atoms with E-state index < -0.39 is 0 Å². The number of nitrogens with zero attached hydrogens (tertiary/aromatic N) is 3. The molecule has 0 unspecified atom stereocenters. The summed E-state index contributed by atoms with van der Waals surface area (Å²) in [5, 5.41) is 5.05. The predicted octanol–water partition coefficient (Wildman–Crippen LogP) is 5.19. The van der Waals surface area contributed by atoms with Gasteiger partial charge in [0.15, 0.2) is 5.82 Å². The van der Waals surface area contributed by atoms with Gasteiger partial charge in [-0.15, -0.1) is 0 Å². The summed E-state index contributed by atoms with van der Waals surface area (Å²) in [6.07, 6.45) is 4.26. The molecule has 5 nitrogen and oxygen atoms in total. The normalized spacial score (nSPS) is 10.6. The molecule has 0 aliphatic carbocycles. The van der Waals surface area contributed by atoms with Crippen LogP contribution in [-0.4, -0.2) is 16.4 Å². The van der Waals surface area contributed by atoms with Crippen LogP contribution < -0.4 is 10.2 Å². The summed E-state index contributed by atoms with van der Waals surface area (Å²) in [5.74, 6) is 0.616. The average Bonchev–Trinajstić information content (AvgIpc) is 2.75. The van der Waals surface area contributed by atoms with Crippen molar-refractivity contribution in [1.29, 1.82) is 0 Å². The van der Waals surface area contributed by atoms with Crippen LogP contribution in [-0.2, 0) is 11.3 Å². The first-order chi connectivity index (χ1) is 13.8. The summed E-state index contributed by atoms with van der Waals surface area (Å²) >= 11 is 5.97. The number of benzene rings is 2. The third-order valence-electron chi connectivity index (χ3n) is 4.44. The molecule has 0 radical (unpaired) electrons. The van der Waals surface area contributed by atoms with Crippen molar-refractivity contribution >= 4 is 46.1 Å². The molecule has 28 heavy (non-hydrogen) atoms. The fraction of sp³-hybridized carbons (Fsp3) is 0.0455. The van der Waals surface area contributed by atoms with E-state index in [4.69, 9.17) is 11.6 Å². The Labute approximate surface area is 167 Å². The summed E-state index contributed by atoms with van der Waals surface area (Å²) in [4.78, 5) is 22.2. The molecule has 138 valence electrons. The number of aromatic nitrogens is 2. The molecular formula is C22H17ClN4O. The van der Waals surface area contributed by atoms with Crippen LogP contribution >= 0.6 is 11.6 Å². The van der Waals surface area contributed by atoms with Gasteiger partial charge >= 0.3 is 0 Å². The van der Waals surface area contributed by atoms with Gasteiger partial charge in [-0.25, -0.2) is 4.98 Å². The van der Waals surface area contributed by atoms with E-state index in [1.54, 1.807) is 42.7 Å². The van der Waals surface area contributed by atoms with Crippen LogP contribution in [0.15, 0.2) is 79.1 Å². The Bertz CT molecular complexity index is 1110. The number of carbonyl (C=O) groups excluding carboxylic acids is 1. The van der Waals surface area contributed by atoms with Crippen molar-refractivity contribution in [3.8, 4) is 0 Å². The third-order valence-corrected chi connectivity index (χ3v) is 4.69. The van der Waals surface area contributed by atoms with Crippen molar-refractivity contribution < 1.29 is 4.79 Å². The number of hydrogen-bond acceptors (Lipinski definition) is 4. The number of fused-ring (bicyclic) bond motifs is 1. The van der Waals surface area contributed by atoms with Gasteiger partial charge < -0.3 is 5.32 Å². The molecule has 1 N–H and O–H groups in total. The highest BCUT2D eigenvalue weighted by Gasteiger charge is 2.14. The standard InChI is InChI=1S/C22H17ClN4O/c23-17-7-9-18(10-8-17)27(15-28)21-6-3-12-25-22(21)26-14-16-11-13-24-20-5-2-1-4-19(16)20/h1-13,15H,14H2,(H,25,26). The van der Waals surface area contributed by atoms with Crippen LogP contribution in [0.2, 0.25) is 5.02 Å². The second-order valence-electron chi connectivity index (χ2n) is 6.16. The first-order valence-electron chi connectivity index (χ1n) is 8.78. The Morgan fingerprint density at radius 3 is 2.57 bits per heavy atom. The van der Waals surface area contributed by atoms with Gasteiger partial charge in [-0.1, -0.05) is 29.8 Å². The molecule has 0 aliphatic rings. The lowest BCUT2D eigenvalue weighted by Gasteiger charge is -2.21. The first kappa shape index (κ1) is 17.9. The Balaban J connectivity index is 1.64. The van der Waals surface area contributed by atoms with E-state index in [-0.39, 0.29) is 0 Å². The van der Waals surface area contributed by atoms with Crippen LogP contribution in [0, 0.1) is 0 Å². The molecule has 0 saturated heterocycles. The Kier molecular flexibility index (Phi) is 5.17. The Morgan fingerprint density at radius 1 is 0.929 bits per heavy atom. The zero-order valence-electron chi connectivity index (χ0n) is 14.9. The van der Waals surface area contributed by atoms with E-state index in [9.17, 15) is 4.79 Å². The number of carbonyl (C=O) groups is 1. The first-order valence-corrected chi connectivity index (χ1v) is 9.15. The van der Waals surface area contributed by atoms with E-state index in [2.05, 4.69) is 15.3 Å². The molecule has 0 saturated carbocycles. The molecule has 0 atom stereocenters. The van der Waals surface area contributed by atoms with Crippen molar-refractivity contribution in [3.05, 3.63) is 89.7 Å². The number of rotatable bonds is 6.